The predicted octanol–water partition coefficient (Wildman–Crippen LogP) is 1.17. The van der Waals surface area contributed by atoms with Gasteiger partial charge in [-0.3, -0.25) is 0 Å². The lowest BCUT2D eigenvalue weighted by Gasteiger charge is -2.19. The lowest BCUT2D eigenvalue weighted by Crippen LogP contribution is -2.32. The third kappa shape index (κ3) is 3.25. The predicted molar refractivity (Wildman–Crippen MR) is 73.5 cm³/mol. The minimum atomic E-state index is -3.77. The molecule has 0 atom stereocenters. The summed E-state index contributed by atoms with van der Waals surface area (Å²) in [7, 11) is -3.77. The molecular formula is C13H15N3O2S. The van der Waals surface area contributed by atoms with Crippen molar-refractivity contribution in [2.45, 2.75) is 18.2 Å². The molecule has 0 saturated carbocycles. The maximum absolute atomic E-state index is 12.4. The molecular weight excluding hydrogens is 262 g/mol. The first kappa shape index (κ1) is 15.0. The number of hydrogen-bond acceptors (Lipinski definition) is 4. The number of benzene rings is 1. The lowest BCUT2D eigenvalue weighted by atomic mass is 10.2. The summed E-state index contributed by atoms with van der Waals surface area (Å²) < 4.78 is 26.1. The van der Waals surface area contributed by atoms with Crippen LogP contribution in [0, 0.1) is 23.7 Å². The number of nitrogen functional groups attached to an aromatic ring is 1. The highest BCUT2D eigenvalue weighted by molar-refractivity contribution is 7.89. The molecule has 0 aliphatic heterocycles. The number of nitrogens with zero attached hydrogens (tertiary/aromatic N) is 2. The van der Waals surface area contributed by atoms with Gasteiger partial charge in [-0.15, -0.1) is 6.42 Å². The van der Waals surface area contributed by atoms with E-state index in [2.05, 4.69) is 5.92 Å². The molecule has 0 amide bonds. The fourth-order valence-corrected chi connectivity index (χ4v) is 3.20. The van der Waals surface area contributed by atoms with Crippen LogP contribution in [-0.2, 0) is 10.0 Å². The first-order valence-electron chi connectivity index (χ1n) is 5.70. The van der Waals surface area contributed by atoms with Crippen LogP contribution in [0.15, 0.2) is 23.1 Å². The lowest BCUT2D eigenvalue weighted by molar-refractivity contribution is 0.445. The van der Waals surface area contributed by atoms with Crippen molar-refractivity contribution >= 4 is 15.7 Å². The highest BCUT2D eigenvalue weighted by Gasteiger charge is 2.25. The molecule has 0 aliphatic carbocycles. The maximum Gasteiger partial charge on any atom is 0.245 e. The van der Waals surface area contributed by atoms with Gasteiger partial charge in [0.05, 0.1) is 12.1 Å². The number of nitriles is 1. The van der Waals surface area contributed by atoms with Gasteiger partial charge in [-0.25, -0.2) is 8.42 Å². The van der Waals surface area contributed by atoms with Gasteiger partial charge >= 0.3 is 0 Å². The Morgan fingerprint density at radius 3 is 2.68 bits per heavy atom. The van der Waals surface area contributed by atoms with Gasteiger partial charge in [-0.05, 0) is 24.6 Å². The van der Waals surface area contributed by atoms with Gasteiger partial charge < -0.3 is 5.73 Å². The van der Waals surface area contributed by atoms with Gasteiger partial charge in [0, 0.05) is 12.2 Å². The number of sulfonamides is 1. The molecule has 5 nitrogen and oxygen atoms in total. The zero-order valence-electron chi connectivity index (χ0n) is 10.6. The smallest absolute Gasteiger partial charge is 0.245 e. The summed E-state index contributed by atoms with van der Waals surface area (Å²) in [6.45, 7) is 2.14. The molecule has 0 heterocycles. The first-order chi connectivity index (χ1) is 8.97. The molecule has 2 N–H and O–H groups in total. The average Bonchev–Trinajstić information content (AvgIpc) is 2.38. The van der Waals surface area contributed by atoms with Crippen molar-refractivity contribution in [3.05, 3.63) is 23.8 Å². The van der Waals surface area contributed by atoms with Gasteiger partial charge in [-0.1, -0.05) is 12.8 Å². The monoisotopic (exact) mass is 277 g/mol. The normalized spacial score (nSPS) is 10.9. The molecule has 19 heavy (non-hydrogen) atoms. The Kier molecular flexibility index (Phi) is 4.94. The van der Waals surface area contributed by atoms with E-state index in [1.165, 1.54) is 22.5 Å². The van der Waals surface area contributed by atoms with Gasteiger partial charge in [0.25, 0.3) is 0 Å². The van der Waals surface area contributed by atoms with Crippen molar-refractivity contribution < 1.29 is 8.42 Å². The number of anilines is 1. The van der Waals surface area contributed by atoms with Crippen LogP contribution in [0.5, 0.6) is 0 Å². The number of rotatable bonds is 5. The highest BCUT2D eigenvalue weighted by Crippen LogP contribution is 2.22. The zero-order chi connectivity index (χ0) is 14.5. The third-order valence-corrected chi connectivity index (χ3v) is 4.39. The summed E-state index contributed by atoms with van der Waals surface area (Å²) in [5.74, 6) is 2.32. The summed E-state index contributed by atoms with van der Waals surface area (Å²) >= 11 is 0. The quantitative estimate of drug-likeness (QED) is 0.646. The topological polar surface area (TPSA) is 87.2 Å². The van der Waals surface area contributed by atoms with Crippen molar-refractivity contribution in [3.8, 4) is 18.4 Å². The Morgan fingerprint density at radius 1 is 1.47 bits per heavy atom. The summed E-state index contributed by atoms with van der Waals surface area (Å²) in [4.78, 5) is -0.0621. The van der Waals surface area contributed by atoms with Crippen LogP contribution in [0.25, 0.3) is 0 Å². The Labute approximate surface area is 113 Å². The van der Waals surface area contributed by atoms with Crippen LogP contribution in [0.2, 0.25) is 0 Å². The molecule has 0 aliphatic rings. The summed E-state index contributed by atoms with van der Waals surface area (Å²) in [5.41, 5.74) is 5.92. The van der Waals surface area contributed by atoms with Crippen LogP contribution >= 0.6 is 0 Å². The minimum Gasteiger partial charge on any atom is -0.399 e. The number of nitrogens with two attached hydrogens (primary N) is 1. The van der Waals surface area contributed by atoms with Crippen molar-refractivity contribution in [1.82, 2.24) is 4.31 Å². The molecule has 100 valence electrons. The van der Waals surface area contributed by atoms with E-state index in [1.54, 1.807) is 0 Å². The van der Waals surface area contributed by atoms with Crippen molar-refractivity contribution in [2.24, 2.45) is 0 Å². The van der Waals surface area contributed by atoms with Crippen molar-refractivity contribution in [3.63, 3.8) is 0 Å². The molecule has 0 fully saturated rings. The van der Waals surface area contributed by atoms with Crippen molar-refractivity contribution in [2.75, 3.05) is 18.8 Å². The number of terminal acetylenes is 1. The molecule has 1 aromatic rings. The molecule has 6 heteroatoms. The standard InChI is InChI=1S/C13H15N3O2S/c1-3-7-16(8-4-2)19(17,18)13-6-5-12(15)9-11(13)10-14/h1,5-6,9H,4,7-8,15H2,2H3. The second-order valence-electron chi connectivity index (χ2n) is 3.91. The Balaban J connectivity index is 3.34. The van der Waals surface area contributed by atoms with Gasteiger partial charge in [0.2, 0.25) is 10.0 Å². The van der Waals surface area contributed by atoms with Crippen LogP contribution in [0.4, 0.5) is 5.69 Å². The van der Waals surface area contributed by atoms with E-state index in [9.17, 15) is 8.42 Å². The van der Waals surface area contributed by atoms with E-state index in [0.717, 1.165) is 0 Å². The average molecular weight is 277 g/mol. The van der Waals surface area contributed by atoms with Crippen LogP contribution < -0.4 is 5.73 Å². The van der Waals surface area contributed by atoms with E-state index in [1.807, 2.05) is 13.0 Å². The van der Waals surface area contributed by atoms with Gasteiger partial charge in [0.1, 0.15) is 11.0 Å². The molecule has 0 aromatic heterocycles. The Morgan fingerprint density at radius 2 is 2.16 bits per heavy atom. The molecule has 0 spiro atoms. The molecule has 0 bridgehead atoms. The SMILES string of the molecule is C#CCN(CCC)S(=O)(=O)c1ccc(N)cc1C#N. The van der Waals surface area contributed by atoms with Crippen LogP contribution in [0.3, 0.4) is 0 Å². The van der Waals surface area contributed by atoms with E-state index < -0.39 is 10.0 Å². The van der Waals surface area contributed by atoms with Crippen LogP contribution in [-0.4, -0.2) is 25.8 Å². The zero-order valence-corrected chi connectivity index (χ0v) is 11.4. The third-order valence-electron chi connectivity index (χ3n) is 2.48. The van der Waals surface area contributed by atoms with Gasteiger partial charge in [-0.2, -0.15) is 9.57 Å². The molecule has 1 rings (SSSR count). The van der Waals surface area contributed by atoms with E-state index >= 15 is 0 Å². The highest BCUT2D eigenvalue weighted by atomic mass is 32.2. The van der Waals surface area contributed by atoms with E-state index in [-0.39, 0.29) is 17.0 Å². The summed E-state index contributed by atoms with van der Waals surface area (Å²) in [5, 5.41) is 9.02. The molecule has 0 saturated heterocycles. The second kappa shape index (κ2) is 6.24. The van der Waals surface area contributed by atoms with Crippen molar-refractivity contribution in [1.29, 1.82) is 5.26 Å². The second-order valence-corrected chi connectivity index (χ2v) is 5.82. The fraction of sp³-hybridized carbons (Fsp3) is 0.308. The molecule has 0 unspecified atom stereocenters. The number of hydrogen-bond donors (Lipinski definition) is 1. The van der Waals surface area contributed by atoms with E-state index in [4.69, 9.17) is 17.4 Å². The molecule has 0 radical (unpaired) electrons. The van der Waals surface area contributed by atoms with Crippen LogP contribution in [0.1, 0.15) is 18.9 Å². The summed E-state index contributed by atoms with van der Waals surface area (Å²) in [6, 6.07) is 5.97. The fourth-order valence-electron chi connectivity index (χ4n) is 1.63. The Hall–Kier alpha value is -2.02. The van der Waals surface area contributed by atoms with E-state index in [0.29, 0.717) is 18.7 Å². The first-order valence-corrected chi connectivity index (χ1v) is 7.14. The maximum atomic E-state index is 12.4. The summed E-state index contributed by atoms with van der Waals surface area (Å²) in [6.07, 6.45) is 5.82. The van der Waals surface area contributed by atoms with Gasteiger partial charge in [0.15, 0.2) is 0 Å². The Bertz CT molecular complexity index is 639. The largest absolute Gasteiger partial charge is 0.399 e. The molecule has 1 aromatic carbocycles. The minimum absolute atomic E-state index is 0.0224.